The first-order valence-electron chi connectivity index (χ1n) is 9.50. The third kappa shape index (κ3) is 22.7. The van der Waals surface area contributed by atoms with Crippen LogP contribution in [0.4, 0.5) is 0 Å². The predicted octanol–water partition coefficient (Wildman–Crippen LogP) is 6.89. The van der Waals surface area contributed by atoms with Crippen LogP contribution in [0.5, 0.6) is 0 Å². The molecule has 0 aromatic heterocycles. The molecular weight excluding hydrogens is 278 g/mol. The van der Waals surface area contributed by atoms with E-state index in [1.807, 2.05) is 0 Å². The van der Waals surface area contributed by atoms with Gasteiger partial charge in [-0.1, -0.05) is 104 Å². The van der Waals surface area contributed by atoms with Crippen LogP contribution in [0.3, 0.4) is 0 Å². The Kier molecular flexibility index (Phi) is 22.7. The van der Waals surface area contributed by atoms with Crippen molar-refractivity contribution in [2.24, 2.45) is 0 Å². The molecular formula is C19H42ClN. The maximum absolute atomic E-state index is 3.49. The maximum Gasteiger partial charge on any atom is 0.00103 e. The van der Waals surface area contributed by atoms with Crippen LogP contribution in [0.2, 0.25) is 0 Å². The maximum atomic E-state index is 3.49. The zero-order chi connectivity index (χ0) is 14.9. The average Bonchev–Trinajstić information content (AvgIpc) is 2.43. The summed E-state index contributed by atoms with van der Waals surface area (Å²) in [7, 11) is 0. The van der Waals surface area contributed by atoms with E-state index >= 15 is 0 Å². The number of hydrogen-bond acceptors (Lipinski definition) is 1. The van der Waals surface area contributed by atoms with Gasteiger partial charge in [-0.15, -0.1) is 12.4 Å². The topological polar surface area (TPSA) is 12.0 Å². The number of rotatable bonds is 16. The van der Waals surface area contributed by atoms with Gasteiger partial charge in [0.15, 0.2) is 0 Å². The fraction of sp³-hybridized carbons (Fsp3) is 1.00. The van der Waals surface area contributed by atoms with Gasteiger partial charge in [-0.05, 0) is 13.0 Å². The molecule has 1 nitrogen and oxygen atoms in total. The van der Waals surface area contributed by atoms with Crippen molar-refractivity contribution in [1.29, 1.82) is 0 Å². The second-order valence-corrected chi connectivity index (χ2v) is 6.71. The van der Waals surface area contributed by atoms with Gasteiger partial charge < -0.3 is 5.32 Å². The van der Waals surface area contributed by atoms with Crippen molar-refractivity contribution in [2.75, 3.05) is 6.54 Å². The molecule has 0 bridgehead atoms. The van der Waals surface area contributed by atoms with Gasteiger partial charge in [0.05, 0.1) is 0 Å². The summed E-state index contributed by atoms with van der Waals surface area (Å²) in [6.45, 7) is 7.95. The Bertz CT molecular complexity index is 171. The van der Waals surface area contributed by atoms with Crippen LogP contribution >= 0.6 is 12.4 Å². The molecule has 0 atom stereocenters. The monoisotopic (exact) mass is 319 g/mol. The van der Waals surface area contributed by atoms with Gasteiger partial charge >= 0.3 is 0 Å². The lowest BCUT2D eigenvalue weighted by molar-refractivity contribution is 0.518. The first-order valence-corrected chi connectivity index (χ1v) is 9.50. The molecule has 21 heavy (non-hydrogen) atoms. The SMILES string of the molecule is CCCCCCCCCCCCCCCCNC(C)C.Cl. The van der Waals surface area contributed by atoms with Crippen LogP contribution in [0.1, 0.15) is 111 Å². The highest BCUT2D eigenvalue weighted by molar-refractivity contribution is 5.85. The van der Waals surface area contributed by atoms with E-state index in [9.17, 15) is 0 Å². The smallest absolute Gasteiger partial charge is 0.00103 e. The summed E-state index contributed by atoms with van der Waals surface area (Å²) in [5.74, 6) is 0. The van der Waals surface area contributed by atoms with E-state index in [0.29, 0.717) is 6.04 Å². The molecule has 130 valence electrons. The fourth-order valence-electron chi connectivity index (χ4n) is 2.71. The molecule has 0 aliphatic carbocycles. The molecule has 1 N–H and O–H groups in total. The summed E-state index contributed by atoms with van der Waals surface area (Å²) in [6, 6.07) is 0.650. The molecule has 0 saturated carbocycles. The zero-order valence-corrected chi connectivity index (χ0v) is 15.9. The highest BCUT2D eigenvalue weighted by Gasteiger charge is 1.95. The number of nitrogens with one attached hydrogen (secondary N) is 1. The van der Waals surface area contributed by atoms with Crippen molar-refractivity contribution in [2.45, 2.75) is 117 Å². The number of unbranched alkanes of at least 4 members (excludes halogenated alkanes) is 13. The van der Waals surface area contributed by atoms with E-state index in [0.717, 1.165) is 0 Å². The van der Waals surface area contributed by atoms with E-state index in [1.165, 1.54) is 96.4 Å². The lowest BCUT2D eigenvalue weighted by atomic mass is 10.0. The zero-order valence-electron chi connectivity index (χ0n) is 15.1. The van der Waals surface area contributed by atoms with E-state index in [4.69, 9.17) is 0 Å². The normalized spacial score (nSPS) is 10.9. The predicted molar refractivity (Wildman–Crippen MR) is 101 cm³/mol. The van der Waals surface area contributed by atoms with Crippen molar-refractivity contribution in [3.05, 3.63) is 0 Å². The van der Waals surface area contributed by atoms with Crippen LogP contribution in [0.15, 0.2) is 0 Å². The Morgan fingerprint density at radius 2 is 0.905 bits per heavy atom. The Labute approximate surface area is 141 Å². The van der Waals surface area contributed by atoms with Crippen molar-refractivity contribution in [3.8, 4) is 0 Å². The van der Waals surface area contributed by atoms with Crippen LogP contribution in [-0.4, -0.2) is 12.6 Å². The average molecular weight is 320 g/mol. The van der Waals surface area contributed by atoms with E-state index in [2.05, 4.69) is 26.1 Å². The van der Waals surface area contributed by atoms with Gasteiger partial charge in [0.2, 0.25) is 0 Å². The molecule has 0 radical (unpaired) electrons. The molecule has 0 aliphatic heterocycles. The van der Waals surface area contributed by atoms with Gasteiger partial charge in [0, 0.05) is 6.04 Å². The van der Waals surface area contributed by atoms with Gasteiger partial charge in [-0.3, -0.25) is 0 Å². The van der Waals surface area contributed by atoms with Crippen LogP contribution in [0.25, 0.3) is 0 Å². The summed E-state index contributed by atoms with van der Waals surface area (Å²) in [5.41, 5.74) is 0. The minimum atomic E-state index is 0. The minimum absolute atomic E-state index is 0. The van der Waals surface area contributed by atoms with Crippen molar-refractivity contribution < 1.29 is 0 Å². The quantitative estimate of drug-likeness (QED) is 0.305. The standard InChI is InChI=1S/C19H41N.ClH/c1-4-5-6-7-8-9-10-11-12-13-14-15-16-17-18-20-19(2)3;/h19-20H,4-18H2,1-3H3;1H. The van der Waals surface area contributed by atoms with Crippen molar-refractivity contribution >= 4 is 12.4 Å². The largest absolute Gasteiger partial charge is 0.315 e. The minimum Gasteiger partial charge on any atom is -0.315 e. The first kappa shape index (κ1) is 23.5. The van der Waals surface area contributed by atoms with Crippen molar-refractivity contribution in [3.63, 3.8) is 0 Å². The number of hydrogen-bond donors (Lipinski definition) is 1. The Morgan fingerprint density at radius 1 is 0.571 bits per heavy atom. The summed E-state index contributed by atoms with van der Waals surface area (Å²) >= 11 is 0. The molecule has 0 unspecified atom stereocenters. The molecule has 0 fully saturated rings. The molecule has 0 aromatic rings. The summed E-state index contributed by atoms with van der Waals surface area (Å²) in [4.78, 5) is 0. The highest BCUT2D eigenvalue weighted by Crippen LogP contribution is 2.12. The summed E-state index contributed by atoms with van der Waals surface area (Å²) in [5, 5.41) is 3.49. The first-order chi connectivity index (χ1) is 9.77. The molecule has 0 amide bonds. The summed E-state index contributed by atoms with van der Waals surface area (Å²) in [6.07, 6.45) is 20.2. The van der Waals surface area contributed by atoms with Crippen molar-refractivity contribution in [1.82, 2.24) is 5.32 Å². The molecule has 0 aromatic carbocycles. The Morgan fingerprint density at radius 3 is 1.24 bits per heavy atom. The van der Waals surface area contributed by atoms with Crippen LogP contribution in [-0.2, 0) is 0 Å². The number of halogens is 1. The van der Waals surface area contributed by atoms with Gasteiger partial charge in [0.1, 0.15) is 0 Å². The van der Waals surface area contributed by atoms with E-state index in [-0.39, 0.29) is 12.4 Å². The molecule has 0 saturated heterocycles. The third-order valence-corrected chi connectivity index (χ3v) is 4.08. The fourth-order valence-corrected chi connectivity index (χ4v) is 2.71. The highest BCUT2D eigenvalue weighted by atomic mass is 35.5. The summed E-state index contributed by atoms with van der Waals surface area (Å²) < 4.78 is 0. The molecule has 2 heteroatoms. The second kappa shape index (κ2) is 20.2. The second-order valence-electron chi connectivity index (χ2n) is 6.71. The van der Waals surface area contributed by atoms with E-state index < -0.39 is 0 Å². The lowest BCUT2D eigenvalue weighted by Crippen LogP contribution is -2.23. The van der Waals surface area contributed by atoms with Gasteiger partial charge in [-0.2, -0.15) is 0 Å². The Balaban J connectivity index is 0. The third-order valence-electron chi connectivity index (χ3n) is 4.08. The van der Waals surface area contributed by atoms with Gasteiger partial charge in [0.25, 0.3) is 0 Å². The molecule has 0 heterocycles. The van der Waals surface area contributed by atoms with Crippen LogP contribution in [0, 0.1) is 0 Å². The van der Waals surface area contributed by atoms with Gasteiger partial charge in [-0.25, -0.2) is 0 Å². The molecule has 0 rings (SSSR count). The van der Waals surface area contributed by atoms with E-state index in [1.54, 1.807) is 0 Å². The lowest BCUT2D eigenvalue weighted by Gasteiger charge is -2.07. The molecule has 0 spiro atoms. The molecule has 0 aliphatic rings. The van der Waals surface area contributed by atoms with Crippen LogP contribution < -0.4 is 5.32 Å². The Hall–Kier alpha value is 0.250.